The number of rotatable bonds is 4. The van der Waals surface area contributed by atoms with E-state index in [2.05, 4.69) is 5.32 Å². The van der Waals surface area contributed by atoms with Crippen LogP contribution in [0.25, 0.3) is 11.0 Å². The maximum Gasteiger partial charge on any atom is 0.280 e. The summed E-state index contributed by atoms with van der Waals surface area (Å²) in [7, 11) is 0. The highest BCUT2D eigenvalue weighted by atomic mass is 32.2. The second-order valence-corrected chi connectivity index (χ2v) is 8.00. The van der Waals surface area contributed by atoms with Gasteiger partial charge in [-0.25, -0.2) is 13.2 Å². The van der Waals surface area contributed by atoms with Gasteiger partial charge in [0.2, 0.25) is 0 Å². The lowest BCUT2D eigenvalue weighted by atomic mass is 10.0. The van der Waals surface area contributed by atoms with Crippen LogP contribution in [0.5, 0.6) is 5.75 Å². The Labute approximate surface area is 159 Å². The summed E-state index contributed by atoms with van der Waals surface area (Å²) in [5, 5.41) is 3.40. The Kier molecular flexibility index (Phi) is 4.80. The van der Waals surface area contributed by atoms with E-state index in [1.165, 1.54) is 17.8 Å². The number of fused-ring (bicyclic) bond motifs is 1. The number of benzene rings is 1. The molecule has 0 radical (unpaired) electrons. The summed E-state index contributed by atoms with van der Waals surface area (Å²) in [6.07, 6.45) is 0.404. The first-order valence-corrected chi connectivity index (χ1v) is 9.84. The highest BCUT2D eigenvalue weighted by Crippen LogP contribution is 2.39. The van der Waals surface area contributed by atoms with Crippen molar-refractivity contribution in [1.82, 2.24) is 10.2 Å². The zero-order valence-corrected chi connectivity index (χ0v) is 16.0. The molecule has 1 aromatic heterocycles. The van der Waals surface area contributed by atoms with E-state index < -0.39 is 17.8 Å². The minimum absolute atomic E-state index is 0.213. The number of thioether (sulfide) groups is 1. The fourth-order valence-electron chi connectivity index (χ4n) is 3.63. The highest BCUT2D eigenvalue weighted by Gasteiger charge is 2.46. The molecule has 2 aliphatic heterocycles. The monoisotopic (exact) mass is 398 g/mol. The maximum absolute atomic E-state index is 14.2. The number of ether oxygens (including phenoxy) is 1. The lowest BCUT2D eigenvalue weighted by molar-refractivity contribution is -0.0819. The Bertz CT molecular complexity index is 896. The number of alkyl halides is 2. The third kappa shape index (κ3) is 3.52. The molecule has 4 rings (SSSR count). The summed E-state index contributed by atoms with van der Waals surface area (Å²) in [5.74, 6) is -1.73. The van der Waals surface area contributed by atoms with E-state index in [0.29, 0.717) is 35.7 Å². The zero-order chi connectivity index (χ0) is 19.2. The van der Waals surface area contributed by atoms with Crippen LogP contribution in [0.4, 0.5) is 13.2 Å². The summed E-state index contributed by atoms with van der Waals surface area (Å²) in [5.41, 5.74) is 1.03. The van der Waals surface area contributed by atoms with Gasteiger partial charge in [-0.3, -0.25) is 0 Å². The van der Waals surface area contributed by atoms with Gasteiger partial charge in [0.15, 0.2) is 11.4 Å². The molecule has 1 N–H and O–H groups in total. The van der Waals surface area contributed by atoms with Crippen LogP contribution >= 0.6 is 11.8 Å². The van der Waals surface area contributed by atoms with Gasteiger partial charge >= 0.3 is 0 Å². The van der Waals surface area contributed by atoms with Crippen molar-refractivity contribution in [3.63, 3.8) is 0 Å². The smallest absolute Gasteiger partial charge is 0.280 e. The minimum atomic E-state index is -2.76. The van der Waals surface area contributed by atoms with E-state index >= 15 is 0 Å². The molecule has 8 heteroatoms. The van der Waals surface area contributed by atoms with Crippen LogP contribution in [0.3, 0.4) is 0 Å². The van der Waals surface area contributed by atoms with Crippen molar-refractivity contribution >= 4 is 22.7 Å². The zero-order valence-electron chi connectivity index (χ0n) is 15.2. The average molecular weight is 398 g/mol. The third-order valence-corrected chi connectivity index (χ3v) is 6.24. The molecule has 146 valence electrons. The van der Waals surface area contributed by atoms with Crippen LogP contribution in [0, 0.1) is 12.7 Å². The predicted molar refractivity (Wildman–Crippen MR) is 99.6 cm³/mol. The number of furan rings is 1. The topological polar surface area (TPSA) is 37.6 Å². The van der Waals surface area contributed by atoms with Gasteiger partial charge in [0.1, 0.15) is 18.1 Å². The number of aryl methyl sites for hydroxylation is 1. The number of hydrogen-bond donors (Lipinski definition) is 1. The number of halogens is 3. The molecule has 4 nitrogen and oxygen atoms in total. The Morgan fingerprint density at radius 2 is 2.15 bits per heavy atom. The summed E-state index contributed by atoms with van der Waals surface area (Å²) < 4.78 is 53.7. The molecule has 1 aromatic carbocycles. The van der Waals surface area contributed by atoms with E-state index in [9.17, 15) is 13.2 Å². The quantitative estimate of drug-likeness (QED) is 0.821. The highest BCUT2D eigenvalue weighted by molar-refractivity contribution is 8.03. The van der Waals surface area contributed by atoms with Crippen molar-refractivity contribution in [2.45, 2.75) is 32.2 Å². The SMILES string of the molecule is CC1=C(COc2cc(F)c3oc(C)cc3c2)SCN1C1CCNCC1(F)F. The molecular formula is C19H21F3N2O2S. The molecule has 2 aromatic rings. The van der Waals surface area contributed by atoms with E-state index in [-0.39, 0.29) is 18.7 Å². The largest absolute Gasteiger partial charge is 0.488 e. The Morgan fingerprint density at radius 3 is 2.93 bits per heavy atom. The Balaban J connectivity index is 1.49. The molecule has 2 aliphatic rings. The third-order valence-electron chi connectivity index (χ3n) is 5.07. The van der Waals surface area contributed by atoms with Crippen LogP contribution in [0.1, 0.15) is 19.1 Å². The number of piperidine rings is 1. The molecule has 1 fully saturated rings. The first kappa shape index (κ1) is 18.6. The lowest BCUT2D eigenvalue weighted by Gasteiger charge is -2.39. The second-order valence-electron chi connectivity index (χ2n) is 6.96. The molecule has 0 aliphatic carbocycles. The average Bonchev–Trinajstić information content (AvgIpc) is 3.15. The number of nitrogens with zero attached hydrogens (tertiary/aromatic N) is 1. The lowest BCUT2D eigenvalue weighted by Crippen LogP contribution is -2.56. The first-order chi connectivity index (χ1) is 12.8. The van der Waals surface area contributed by atoms with Crippen molar-refractivity contribution < 1.29 is 22.3 Å². The van der Waals surface area contributed by atoms with E-state index in [0.717, 1.165) is 10.6 Å². The molecular weight excluding hydrogens is 377 g/mol. The van der Waals surface area contributed by atoms with Crippen LogP contribution in [-0.4, -0.2) is 42.4 Å². The van der Waals surface area contributed by atoms with Crippen molar-refractivity contribution in [1.29, 1.82) is 0 Å². The fraction of sp³-hybridized carbons (Fsp3) is 0.474. The van der Waals surface area contributed by atoms with Gasteiger partial charge in [0.05, 0.1) is 18.5 Å². The summed E-state index contributed by atoms with van der Waals surface area (Å²) in [6, 6.07) is 3.97. The standard InChI is InChI=1S/C19H21F3N2O2S/c1-11-5-13-6-14(7-15(20)18(13)26-11)25-8-16-12(2)24(10-27-16)17-3-4-23-9-19(17,21)22/h5-7,17,23H,3-4,8-10H2,1-2H3. The van der Waals surface area contributed by atoms with Gasteiger partial charge in [0.25, 0.3) is 5.92 Å². The maximum atomic E-state index is 14.2. The second kappa shape index (κ2) is 6.98. The number of hydrogen-bond acceptors (Lipinski definition) is 5. The molecule has 3 heterocycles. The van der Waals surface area contributed by atoms with Crippen LogP contribution in [0.2, 0.25) is 0 Å². The molecule has 0 saturated carbocycles. The van der Waals surface area contributed by atoms with Gasteiger partial charge in [-0.1, -0.05) is 0 Å². The normalized spacial score (nSPS) is 22.7. The van der Waals surface area contributed by atoms with Gasteiger partial charge in [0, 0.05) is 22.1 Å². The van der Waals surface area contributed by atoms with Crippen molar-refractivity contribution in [3.8, 4) is 5.75 Å². The Hall–Kier alpha value is -1.80. The number of nitrogens with one attached hydrogen (secondary N) is 1. The molecule has 27 heavy (non-hydrogen) atoms. The van der Waals surface area contributed by atoms with E-state index in [4.69, 9.17) is 9.15 Å². The first-order valence-electron chi connectivity index (χ1n) is 8.85. The van der Waals surface area contributed by atoms with Gasteiger partial charge in [-0.05, 0) is 38.9 Å². The van der Waals surface area contributed by atoms with E-state index in [1.807, 2.05) is 6.92 Å². The minimum Gasteiger partial charge on any atom is -0.488 e. The van der Waals surface area contributed by atoms with Crippen molar-refractivity contribution in [2.24, 2.45) is 0 Å². The van der Waals surface area contributed by atoms with E-state index in [1.54, 1.807) is 24.0 Å². The molecule has 1 saturated heterocycles. The molecule has 0 amide bonds. The van der Waals surface area contributed by atoms with Crippen molar-refractivity contribution in [3.05, 3.63) is 40.4 Å². The van der Waals surface area contributed by atoms with Gasteiger partial charge in [-0.2, -0.15) is 0 Å². The fourth-order valence-corrected chi connectivity index (χ4v) is 4.77. The summed E-state index contributed by atoms with van der Waals surface area (Å²) >= 11 is 1.50. The Morgan fingerprint density at radius 1 is 1.33 bits per heavy atom. The summed E-state index contributed by atoms with van der Waals surface area (Å²) in [4.78, 5) is 2.67. The number of allylic oxidation sites excluding steroid dienone is 1. The van der Waals surface area contributed by atoms with Gasteiger partial charge in [-0.15, -0.1) is 11.8 Å². The molecule has 0 bridgehead atoms. The summed E-state index contributed by atoms with van der Waals surface area (Å²) in [6.45, 7) is 4.13. The van der Waals surface area contributed by atoms with Gasteiger partial charge < -0.3 is 19.4 Å². The van der Waals surface area contributed by atoms with Crippen molar-refractivity contribution in [2.75, 3.05) is 25.6 Å². The van der Waals surface area contributed by atoms with Crippen LogP contribution in [0.15, 0.2) is 33.2 Å². The molecule has 1 atom stereocenters. The molecule has 0 spiro atoms. The molecule has 1 unspecified atom stereocenters. The van der Waals surface area contributed by atoms with Crippen LogP contribution < -0.4 is 10.1 Å². The van der Waals surface area contributed by atoms with Crippen LogP contribution in [-0.2, 0) is 0 Å². The predicted octanol–water partition coefficient (Wildman–Crippen LogP) is 4.49.